The standard InChI is InChI=1S/C34H29N5O6/c1-17-30(18(2)40)31(37-34(44)38(17)3)19-8-10-20(11-9-19)35-14-23-21-6-4-5-7-26(21)36-32-24(23)15-39-27(32)12-22-25(33(39)43)16-45-29(42)13-28(22)41/h4-12,14,28,31,41H,13,15-16H2,1-3H3,(H,37,44). The summed E-state index contributed by atoms with van der Waals surface area (Å²) in [6.07, 6.45) is 0.398. The number of aromatic nitrogens is 2. The zero-order valence-corrected chi connectivity index (χ0v) is 24.8. The first-order valence-electron chi connectivity index (χ1n) is 14.5. The molecule has 0 bridgehead atoms. The summed E-state index contributed by atoms with van der Waals surface area (Å²) in [5, 5.41) is 14.5. The quantitative estimate of drug-likeness (QED) is 0.231. The molecule has 0 saturated carbocycles. The van der Waals surface area contributed by atoms with Gasteiger partial charge in [0.25, 0.3) is 5.56 Å². The summed E-state index contributed by atoms with van der Waals surface area (Å²) in [7, 11) is 1.63. The third kappa shape index (κ3) is 4.63. The minimum Gasteiger partial charge on any atom is -0.460 e. The summed E-state index contributed by atoms with van der Waals surface area (Å²) < 4.78 is 6.78. The van der Waals surface area contributed by atoms with Crippen molar-refractivity contribution < 1.29 is 24.2 Å². The van der Waals surface area contributed by atoms with Crippen LogP contribution in [0.5, 0.6) is 0 Å². The summed E-state index contributed by atoms with van der Waals surface area (Å²) in [6, 6.07) is 15.9. The van der Waals surface area contributed by atoms with E-state index in [2.05, 4.69) is 5.32 Å². The number of urea groups is 1. The van der Waals surface area contributed by atoms with Crippen molar-refractivity contribution in [3.8, 4) is 11.4 Å². The second-order valence-corrected chi connectivity index (χ2v) is 11.5. The molecule has 7 rings (SSSR count). The SMILES string of the molecule is CC(=O)C1=C(C)N(C)C(=O)NC1c1ccc(N=Cc2c3c(nc4ccccc24)-c2cc4c(c(=O)n2C3)COC(=O)CC4O)cc1. The zero-order valence-electron chi connectivity index (χ0n) is 24.8. The number of aliphatic imine (C=N–C) groups is 1. The highest BCUT2D eigenvalue weighted by atomic mass is 16.5. The Kier molecular flexibility index (Phi) is 6.70. The van der Waals surface area contributed by atoms with E-state index >= 15 is 0 Å². The summed E-state index contributed by atoms with van der Waals surface area (Å²) in [5.74, 6) is -0.668. The Balaban J connectivity index is 1.28. The van der Waals surface area contributed by atoms with E-state index in [0.717, 1.165) is 27.6 Å². The van der Waals surface area contributed by atoms with Crippen molar-refractivity contribution in [3.63, 3.8) is 0 Å². The Hall–Kier alpha value is -5.42. The molecule has 11 nitrogen and oxygen atoms in total. The Bertz CT molecular complexity index is 2080. The van der Waals surface area contributed by atoms with E-state index in [4.69, 9.17) is 14.7 Å². The van der Waals surface area contributed by atoms with Crippen LogP contribution in [0, 0.1) is 0 Å². The topological polar surface area (TPSA) is 143 Å². The number of esters is 1. The van der Waals surface area contributed by atoms with Crippen LogP contribution in [0.1, 0.15) is 60.2 Å². The lowest BCUT2D eigenvalue weighted by atomic mass is 9.92. The maximum atomic E-state index is 13.6. The van der Waals surface area contributed by atoms with Gasteiger partial charge in [0.1, 0.15) is 6.61 Å². The van der Waals surface area contributed by atoms with Crippen molar-refractivity contribution in [2.45, 2.75) is 45.6 Å². The molecule has 0 saturated heterocycles. The van der Waals surface area contributed by atoms with Gasteiger partial charge in [-0.25, -0.2) is 9.78 Å². The van der Waals surface area contributed by atoms with Gasteiger partial charge in [0, 0.05) is 41.0 Å². The van der Waals surface area contributed by atoms with Gasteiger partial charge in [-0.1, -0.05) is 30.3 Å². The number of pyridine rings is 2. The fourth-order valence-electron chi connectivity index (χ4n) is 6.37. The van der Waals surface area contributed by atoms with E-state index in [9.17, 15) is 24.3 Å². The van der Waals surface area contributed by atoms with Crippen LogP contribution in [0.3, 0.4) is 0 Å². The number of allylic oxidation sites excluding steroid dienone is 1. The summed E-state index contributed by atoms with van der Waals surface area (Å²) in [6.45, 7) is 3.31. The molecule has 45 heavy (non-hydrogen) atoms. The highest BCUT2D eigenvalue weighted by Gasteiger charge is 2.33. The molecule has 2 aromatic carbocycles. The normalized spacial score (nSPS) is 19.2. The average Bonchev–Trinajstić information content (AvgIpc) is 3.32. The van der Waals surface area contributed by atoms with Gasteiger partial charge in [-0.15, -0.1) is 0 Å². The van der Waals surface area contributed by atoms with Crippen LogP contribution in [0.2, 0.25) is 0 Å². The van der Waals surface area contributed by atoms with Crippen LogP contribution >= 0.6 is 0 Å². The fourth-order valence-corrected chi connectivity index (χ4v) is 6.37. The molecule has 226 valence electrons. The molecule has 0 spiro atoms. The molecular weight excluding hydrogens is 574 g/mol. The van der Waals surface area contributed by atoms with Gasteiger partial charge in [-0.05, 0) is 49.2 Å². The van der Waals surface area contributed by atoms with E-state index < -0.39 is 18.1 Å². The number of Topliss-reactive ketones (excluding diaryl/α,β-unsaturated/α-hetero) is 1. The second-order valence-electron chi connectivity index (χ2n) is 11.5. The third-order valence-electron chi connectivity index (χ3n) is 8.83. The number of ketones is 1. The Morgan fingerprint density at radius 1 is 1.11 bits per heavy atom. The molecule has 2 unspecified atom stereocenters. The van der Waals surface area contributed by atoms with Gasteiger partial charge in [-0.2, -0.15) is 0 Å². The Morgan fingerprint density at radius 3 is 2.62 bits per heavy atom. The number of carbonyl (C=O) groups is 3. The number of benzene rings is 2. The second kappa shape index (κ2) is 10.6. The molecule has 2 N–H and O–H groups in total. The highest BCUT2D eigenvalue weighted by Crippen LogP contribution is 2.38. The molecule has 0 radical (unpaired) electrons. The van der Waals surface area contributed by atoms with Crippen LogP contribution in [0.15, 0.2) is 75.7 Å². The maximum absolute atomic E-state index is 13.6. The number of cyclic esters (lactones) is 1. The molecule has 0 fully saturated rings. The molecule has 3 aliphatic heterocycles. The number of para-hydroxylation sites is 1. The molecule has 0 aliphatic carbocycles. The van der Waals surface area contributed by atoms with Crippen LogP contribution in [-0.2, 0) is 27.5 Å². The van der Waals surface area contributed by atoms with E-state index in [1.54, 1.807) is 30.8 Å². The predicted molar refractivity (Wildman–Crippen MR) is 166 cm³/mol. The number of aliphatic hydroxyl groups excluding tert-OH is 1. The number of aliphatic hydroxyl groups is 1. The van der Waals surface area contributed by atoms with Crippen molar-refractivity contribution in [3.05, 3.63) is 104 Å². The minimum atomic E-state index is -1.14. The first-order valence-corrected chi connectivity index (χ1v) is 14.5. The van der Waals surface area contributed by atoms with Crippen molar-refractivity contribution in [2.24, 2.45) is 4.99 Å². The molecule has 11 heteroatoms. The summed E-state index contributed by atoms with van der Waals surface area (Å²) in [4.78, 5) is 61.6. The Morgan fingerprint density at radius 2 is 1.87 bits per heavy atom. The van der Waals surface area contributed by atoms with E-state index in [1.807, 2.05) is 48.5 Å². The van der Waals surface area contributed by atoms with Gasteiger partial charge in [0.05, 0.1) is 53.3 Å². The smallest absolute Gasteiger partial charge is 0.322 e. The van der Waals surface area contributed by atoms with Crippen LogP contribution in [-0.4, -0.2) is 50.6 Å². The maximum Gasteiger partial charge on any atom is 0.322 e. The zero-order chi connectivity index (χ0) is 31.6. The first-order chi connectivity index (χ1) is 21.6. The number of rotatable bonds is 4. The lowest BCUT2D eigenvalue weighted by Gasteiger charge is -2.33. The number of hydrogen-bond acceptors (Lipinski definition) is 8. The third-order valence-corrected chi connectivity index (χ3v) is 8.83. The predicted octanol–water partition coefficient (Wildman–Crippen LogP) is 4.22. The minimum absolute atomic E-state index is 0.114. The van der Waals surface area contributed by atoms with Crippen molar-refractivity contribution in [1.82, 2.24) is 19.8 Å². The number of ether oxygens (including phenoxy) is 1. The lowest BCUT2D eigenvalue weighted by molar-refractivity contribution is -0.146. The number of amides is 2. The van der Waals surface area contributed by atoms with E-state index in [0.29, 0.717) is 33.9 Å². The van der Waals surface area contributed by atoms with Gasteiger partial charge < -0.3 is 24.6 Å². The van der Waals surface area contributed by atoms with Crippen molar-refractivity contribution >= 4 is 40.6 Å². The van der Waals surface area contributed by atoms with Crippen molar-refractivity contribution in [2.75, 3.05) is 7.05 Å². The Labute approximate surface area is 257 Å². The van der Waals surface area contributed by atoms with Gasteiger partial charge in [-0.3, -0.25) is 19.4 Å². The molecular formula is C34H29N5O6. The molecule has 2 atom stereocenters. The monoisotopic (exact) mass is 603 g/mol. The molecule has 4 aromatic rings. The van der Waals surface area contributed by atoms with Gasteiger partial charge in [0.2, 0.25) is 0 Å². The van der Waals surface area contributed by atoms with Crippen LogP contribution in [0.25, 0.3) is 22.3 Å². The van der Waals surface area contributed by atoms with Crippen molar-refractivity contribution in [1.29, 1.82) is 0 Å². The number of nitrogens with zero attached hydrogens (tertiary/aromatic N) is 4. The van der Waals surface area contributed by atoms with E-state index in [1.165, 1.54) is 11.8 Å². The highest BCUT2D eigenvalue weighted by molar-refractivity contribution is 6.03. The van der Waals surface area contributed by atoms with E-state index in [-0.39, 0.29) is 42.5 Å². The van der Waals surface area contributed by atoms with Crippen LogP contribution in [0.4, 0.5) is 10.5 Å². The fraction of sp³-hybridized carbons (Fsp3) is 0.235. The number of carbonyl (C=O) groups excluding carboxylic acids is 3. The van der Waals surface area contributed by atoms with Crippen LogP contribution < -0.4 is 10.9 Å². The summed E-state index contributed by atoms with van der Waals surface area (Å²) in [5.41, 5.74) is 6.42. The number of fused-ring (bicyclic) bond motifs is 5. The number of nitrogens with one attached hydrogen (secondary N) is 1. The molecule has 5 heterocycles. The molecule has 3 aliphatic rings. The van der Waals surface area contributed by atoms with Gasteiger partial charge in [0.15, 0.2) is 5.78 Å². The number of hydrogen-bond donors (Lipinski definition) is 2. The largest absolute Gasteiger partial charge is 0.460 e. The average molecular weight is 604 g/mol. The molecule has 2 amide bonds. The first kappa shape index (κ1) is 28.4. The lowest BCUT2D eigenvalue weighted by Crippen LogP contribution is -2.45. The molecule has 2 aromatic heterocycles. The van der Waals surface area contributed by atoms with Gasteiger partial charge >= 0.3 is 12.0 Å². The summed E-state index contributed by atoms with van der Waals surface area (Å²) >= 11 is 0.